The van der Waals surface area contributed by atoms with Gasteiger partial charge in [0.1, 0.15) is 6.04 Å². The summed E-state index contributed by atoms with van der Waals surface area (Å²) in [4.78, 5) is 34.1. The number of aromatic nitrogens is 1. The molecule has 1 aromatic heterocycles. The number of nitrogens with zero attached hydrogens (tertiary/aromatic N) is 2. The van der Waals surface area contributed by atoms with Crippen molar-refractivity contribution in [3.8, 4) is 0 Å². The van der Waals surface area contributed by atoms with Gasteiger partial charge in [-0.05, 0) is 41.8 Å². The van der Waals surface area contributed by atoms with Crippen LogP contribution in [-0.2, 0) is 14.6 Å². The summed E-state index contributed by atoms with van der Waals surface area (Å²) in [5.41, 5.74) is 2.38. The number of nitrogens with one attached hydrogen (secondary N) is 2. The molecule has 10 heteroatoms. The Morgan fingerprint density at radius 3 is 2.39 bits per heavy atom. The smallest absolute Gasteiger partial charge is 0.252 e. The first-order valence-corrected chi connectivity index (χ1v) is 14.4. The molecule has 1 fully saturated rings. The van der Waals surface area contributed by atoms with E-state index in [0.29, 0.717) is 48.0 Å². The van der Waals surface area contributed by atoms with Gasteiger partial charge in [0.25, 0.3) is 5.91 Å². The molecule has 1 aliphatic heterocycles. The maximum absolute atomic E-state index is 13.8. The second-order valence-corrected chi connectivity index (χ2v) is 11.7. The number of benzene rings is 3. The van der Waals surface area contributed by atoms with Crippen LogP contribution in [0.15, 0.2) is 83.9 Å². The second-order valence-electron chi connectivity index (χ2n) is 9.26. The number of piperazine rings is 1. The van der Waals surface area contributed by atoms with E-state index < -0.39 is 15.9 Å². The second kappa shape index (κ2) is 10.5. The minimum atomic E-state index is -3.40. The van der Waals surface area contributed by atoms with Crippen molar-refractivity contribution in [1.82, 2.24) is 15.2 Å². The minimum Gasteiger partial charge on any atom is -0.367 e. The van der Waals surface area contributed by atoms with E-state index >= 15 is 0 Å². The lowest BCUT2D eigenvalue weighted by Gasteiger charge is -2.38. The topological polar surface area (TPSA) is 103 Å². The third kappa shape index (κ3) is 5.25. The van der Waals surface area contributed by atoms with Crippen molar-refractivity contribution >= 4 is 49.8 Å². The summed E-state index contributed by atoms with van der Waals surface area (Å²) in [6.07, 6.45) is 2.99. The fourth-order valence-electron chi connectivity index (χ4n) is 4.77. The van der Waals surface area contributed by atoms with Gasteiger partial charge in [0.05, 0.1) is 10.6 Å². The molecule has 1 aliphatic rings. The molecule has 0 bridgehead atoms. The quantitative estimate of drug-likeness (QED) is 0.377. The molecule has 3 aromatic carbocycles. The Kier molecular flexibility index (Phi) is 7.14. The average Bonchev–Trinajstić information content (AvgIpc) is 3.39. The van der Waals surface area contributed by atoms with Gasteiger partial charge >= 0.3 is 0 Å². The molecule has 0 spiro atoms. The number of aromatic amines is 1. The van der Waals surface area contributed by atoms with Gasteiger partial charge in [-0.2, -0.15) is 0 Å². The predicted molar refractivity (Wildman–Crippen MR) is 148 cm³/mol. The van der Waals surface area contributed by atoms with Crippen LogP contribution in [0.3, 0.4) is 0 Å². The van der Waals surface area contributed by atoms with Crippen LogP contribution >= 0.6 is 11.6 Å². The highest BCUT2D eigenvalue weighted by Crippen LogP contribution is 2.28. The lowest BCUT2D eigenvalue weighted by Crippen LogP contribution is -2.52. The maximum Gasteiger partial charge on any atom is 0.252 e. The molecule has 8 nitrogen and oxygen atoms in total. The van der Waals surface area contributed by atoms with E-state index in [1.54, 1.807) is 71.8 Å². The van der Waals surface area contributed by atoms with Crippen LogP contribution in [0.4, 0.5) is 5.69 Å². The van der Waals surface area contributed by atoms with Crippen LogP contribution in [0.1, 0.15) is 22.0 Å². The van der Waals surface area contributed by atoms with E-state index in [1.165, 1.54) is 6.26 Å². The van der Waals surface area contributed by atoms with Crippen LogP contribution < -0.4 is 10.2 Å². The number of halogens is 1. The number of amides is 2. The van der Waals surface area contributed by atoms with Gasteiger partial charge in [0.2, 0.25) is 5.91 Å². The molecule has 2 amide bonds. The first kappa shape index (κ1) is 25.8. The Morgan fingerprint density at radius 2 is 1.66 bits per heavy atom. The highest BCUT2D eigenvalue weighted by Gasteiger charge is 2.32. The zero-order chi connectivity index (χ0) is 26.9. The predicted octanol–water partition coefficient (Wildman–Crippen LogP) is 4.04. The number of H-pyrrole nitrogens is 1. The summed E-state index contributed by atoms with van der Waals surface area (Å²) in [6.45, 7) is 1.63. The number of para-hydroxylation sites is 1. The van der Waals surface area contributed by atoms with Crippen molar-refractivity contribution in [3.63, 3.8) is 0 Å². The number of carbonyl (C=O) groups is 2. The van der Waals surface area contributed by atoms with E-state index in [-0.39, 0.29) is 16.7 Å². The lowest BCUT2D eigenvalue weighted by molar-refractivity contribution is -0.133. The third-order valence-electron chi connectivity index (χ3n) is 6.75. The molecule has 2 heterocycles. The monoisotopic (exact) mass is 550 g/mol. The molecule has 4 aromatic rings. The molecule has 2 N–H and O–H groups in total. The van der Waals surface area contributed by atoms with Crippen molar-refractivity contribution in [3.05, 3.63) is 95.1 Å². The Bertz CT molecular complexity index is 1610. The van der Waals surface area contributed by atoms with Crippen LogP contribution in [0, 0.1) is 0 Å². The third-order valence-corrected chi connectivity index (χ3v) is 8.24. The molecule has 38 heavy (non-hydrogen) atoms. The Morgan fingerprint density at radius 1 is 0.947 bits per heavy atom. The number of hydrogen-bond donors (Lipinski definition) is 2. The number of sulfone groups is 1. The summed E-state index contributed by atoms with van der Waals surface area (Å²) in [5.74, 6) is -0.663. The molecule has 0 radical (unpaired) electrons. The standard InChI is InChI=1S/C28H27ClN4O4S/c1-38(36,37)25-9-5-4-8-24(25)32-14-16-33(17-15-32)28(35)26(21-6-2-3-7-22(21)29)31-27(34)20-11-10-19-12-13-30-23(19)18-20/h2-13,18,26,30H,14-17H2,1H3,(H,31,34). The normalized spacial score (nSPS) is 14.9. The van der Waals surface area contributed by atoms with E-state index in [4.69, 9.17) is 11.6 Å². The molecular weight excluding hydrogens is 524 g/mol. The Labute approximate surface area is 226 Å². The Hall–Kier alpha value is -3.82. The average molecular weight is 551 g/mol. The van der Waals surface area contributed by atoms with Crippen LogP contribution in [0.25, 0.3) is 10.9 Å². The zero-order valence-corrected chi connectivity index (χ0v) is 22.3. The molecule has 196 valence electrons. The van der Waals surface area contributed by atoms with Crippen molar-refractivity contribution in [2.75, 3.05) is 37.3 Å². The number of rotatable bonds is 6. The number of carbonyl (C=O) groups excluding carboxylic acids is 2. The van der Waals surface area contributed by atoms with Crippen LogP contribution in [0.2, 0.25) is 5.02 Å². The lowest BCUT2D eigenvalue weighted by atomic mass is 10.0. The summed E-state index contributed by atoms with van der Waals surface area (Å²) < 4.78 is 24.6. The van der Waals surface area contributed by atoms with Gasteiger partial charge in [-0.3, -0.25) is 9.59 Å². The van der Waals surface area contributed by atoms with E-state index in [9.17, 15) is 18.0 Å². The van der Waals surface area contributed by atoms with Crippen molar-refractivity contribution in [2.24, 2.45) is 0 Å². The molecule has 1 saturated heterocycles. The highest BCUT2D eigenvalue weighted by atomic mass is 35.5. The molecular formula is C28H27ClN4O4S. The van der Waals surface area contributed by atoms with Gasteiger partial charge < -0.3 is 20.1 Å². The van der Waals surface area contributed by atoms with Gasteiger partial charge in [0, 0.05) is 60.3 Å². The summed E-state index contributed by atoms with van der Waals surface area (Å²) in [7, 11) is -3.40. The fraction of sp³-hybridized carbons (Fsp3) is 0.214. The molecule has 0 aliphatic carbocycles. The van der Waals surface area contributed by atoms with Gasteiger partial charge in [-0.1, -0.05) is 48.0 Å². The van der Waals surface area contributed by atoms with Gasteiger partial charge in [-0.25, -0.2) is 8.42 Å². The van der Waals surface area contributed by atoms with Crippen molar-refractivity contribution < 1.29 is 18.0 Å². The highest BCUT2D eigenvalue weighted by molar-refractivity contribution is 7.90. The van der Waals surface area contributed by atoms with Crippen molar-refractivity contribution in [1.29, 1.82) is 0 Å². The van der Waals surface area contributed by atoms with Crippen LogP contribution in [0.5, 0.6) is 0 Å². The minimum absolute atomic E-state index is 0.264. The van der Waals surface area contributed by atoms with Gasteiger partial charge in [-0.15, -0.1) is 0 Å². The number of fused-ring (bicyclic) bond motifs is 1. The van der Waals surface area contributed by atoms with E-state index in [2.05, 4.69) is 10.3 Å². The fourth-order valence-corrected chi connectivity index (χ4v) is 5.92. The summed E-state index contributed by atoms with van der Waals surface area (Å²) >= 11 is 6.47. The Balaban J connectivity index is 1.37. The maximum atomic E-state index is 13.8. The van der Waals surface area contributed by atoms with E-state index in [1.807, 2.05) is 17.0 Å². The molecule has 1 unspecified atom stereocenters. The molecule has 5 rings (SSSR count). The summed E-state index contributed by atoms with van der Waals surface area (Å²) in [6, 6.07) is 20.1. The zero-order valence-electron chi connectivity index (χ0n) is 20.7. The molecule has 1 atom stereocenters. The van der Waals surface area contributed by atoms with Crippen molar-refractivity contribution in [2.45, 2.75) is 10.9 Å². The van der Waals surface area contributed by atoms with Gasteiger partial charge in [0.15, 0.2) is 9.84 Å². The number of hydrogen-bond acceptors (Lipinski definition) is 5. The largest absolute Gasteiger partial charge is 0.367 e. The first-order valence-electron chi connectivity index (χ1n) is 12.2. The summed E-state index contributed by atoms with van der Waals surface area (Å²) in [5, 5.41) is 4.26. The van der Waals surface area contributed by atoms with Crippen LogP contribution in [-0.4, -0.2) is 62.6 Å². The van der Waals surface area contributed by atoms with E-state index in [0.717, 1.165) is 10.9 Å². The molecule has 0 saturated carbocycles. The number of anilines is 1. The first-order chi connectivity index (χ1) is 18.2. The SMILES string of the molecule is CS(=O)(=O)c1ccccc1N1CCN(C(=O)C(NC(=O)c2ccc3cc[nH]c3c2)c2ccccc2Cl)CC1.